The Labute approximate surface area is 108 Å². The molecule has 0 bridgehead atoms. The Morgan fingerprint density at radius 2 is 1.69 bits per heavy atom. The SMILES string of the molecule is CNCCCNc1c(C(C)(C)C)c(=S)c1=S. The first kappa shape index (κ1) is 13.7. The van der Waals surface area contributed by atoms with Gasteiger partial charge in [-0.15, -0.1) is 0 Å². The van der Waals surface area contributed by atoms with E-state index in [1.165, 1.54) is 5.56 Å². The van der Waals surface area contributed by atoms with Crippen molar-refractivity contribution in [2.24, 2.45) is 0 Å². The standard InChI is InChI=1S/C12H20N2S2/c1-12(2,3)8-9(11(16)10(8)15)14-7-5-6-13-4/h13-14H,5-7H2,1-4H3. The summed E-state index contributed by atoms with van der Waals surface area (Å²) in [4.78, 5) is 0. The lowest BCUT2D eigenvalue weighted by Crippen LogP contribution is -2.21. The molecule has 0 aliphatic heterocycles. The van der Waals surface area contributed by atoms with Crippen molar-refractivity contribution in [2.45, 2.75) is 32.6 Å². The van der Waals surface area contributed by atoms with Crippen LogP contribution in [0.4, 0.5) is 5.69 Å². The molecule has 0 saturated heterocycles. The first-order chi connectivity index (χ1) is 7.39. The average molecular weight is 256 g/mol. The maximum Gasteiger partial charge on any atom is 0.0796 e. The fourth-order valence-corrected chi connectivity index (χ4v) is 2.54. The van der Waals surface area contributed by atoms with Crippen molar-refractivity contribution >= 4 is 30.1 Å². The normalized spacial score (nSPS) is 12.0. The predicted octanol–water partition coefficient (Wildman–Crippen LogP) is 3.34. The minimum absolute atomic E-state index is 0.0880. The summed E-state index contributed by atoms with van der Waals surface area (Å²) < 4.78 is 1.71. The Balaban J connectivity index is 2.71. The monoisotopic (exact) mass is 256 g/mol. The highest BCUT2D eigenvalue weighted by atomic mass is 32.1. The summed E-state index contributed by atoms with van der Waals surface area (Å²) in [5, 5.41) is 6.53. The third kappa shape index (κ3) is 2.87. The zero-order valence-corrected chi connectivity index (χ0v) is 12.1. The molecule has 0 aliphatic rings. The molecule has 16 heavy (non-hydrogen) atoms. The van der Waals surface area contributed by atoms with Crippen LogP contribution in [-0.2, 0) is 5.41 Å². The molecule has 0 radical (unpaired) electrons. The lowest BCUT2D eigenvalue weighted by Gasteiger charge is -2.27. The van der Waals surface area contributed by atoms with Crippen LogP contribution in [0, 0.1) is 9.02 Å². The van der Waals surface area contributed by atoms with Crippen LogP contribution in [0.25, 0.3) is 0 Å². The summed E-state index contributed by atoms with van der Waals surface area (Å²) in [6.07, 6.45) is 1.09. The van der Waals surface area contributed by atoms with Gasteiger partial charge in [0, 0.05) is 12.1 Å². The predicted molar refractivity (Wildman–Crippen MR) is 76.2 cm³/mol. The Kier molecular flexibility index (Phi) is 4.59. The molecule has 2 nitrogen and oxygen atoms in total. The van der Waals surface area contributed by atoms with Crippen LogP contribution in [0.15, 0.2) is 0 Å². The quantitative estimate of drug-likeness (QED) is 0.623. The lowest BCUT2D eigenvalue weighted by molar-refractivity contribution is 0.584. The second-order valence-electron chi connectivity index (χ2n) is 5.04. The topological polar surface area (TPSA) is 24.1 Å². The zero-order valence-electron chi connectivity index (χ0n) is 10.4. The maximum absolute atomic E-state index is 5.30. The fourth-order valence-electron chi connectivity index (χ4n) is 1.75. The van der Waals surface area contributed by atoms with Gasteiger partial charge >= 0.3 is 0 Å². The van der Waals surface area contributed by atoms with E-state index >= 15 is 0 Å². The summed E-state index contributed by atoms with van der Waals surface area (Å²) in [6, 6.07) is 0. The maximum atomic E-state index is 5.30. The summed E-state index contributed by atoms with van der Waals surface area (Å²) >= 11 is 10.6. The molecule has 0 aromatic heterocycles. The van der Waals surface area contributed by atoms with E-state index in [9.17, 15) is 0 Å². The summed E-state index contributed by atoms with van der Waals surface area (Å²) in [5.41, 5.74) is 2.41. The van der Waals surface area contributed by atoms with E-state index in [4.69, 9.17) is 24.4 Å². The van der Waals surface area contributed by atoms with Gasteiger partial charge in [-0.1, -0.05) is 45.2 Å². The Morgan fingerprint density at radius 1 is 1.06 bits per heavy atom. The van der Waals surface area contributed by atoms with Crippen LogP contribution in [-0.4, -0.2) is 20.1 Å². The van der Waals surface area contributed by atoms with E-state index in [0.717, 1.165) is 34.2 Å². The van der Waals surface area contributed by atoms with Crippen molar-refractivity contribution in [2.75, 3.05) is 25.5 Å². The highest BCUT2D eigenvalue weighted by Crippen LogP contribution is 2.36. The third-order valence-corrected chi connectivity index (χ3v) is 3.51. The Morgan fingerprint density at radius 3 is 2.19 bits per heavy atom. The second kappa shape index (κ2) is 5.34. The van der Waals surface area contributed by atoms with Gasteiger partial charge in [-0.05, 0) is 25.4 Å². The van der Waals surface area contributed by atoms with Crippen molar-refractivity contribution in [3.05, 3.63) is 14.6 Å². The molecule has 1 aromatic rings. The molecule has 1 aromatic carbocycles. The molecule has 2 N–H and O–H groups in total. The Bertz CT molecular complexity index is 423. The van der Waals surface area contributed by atoms with Gasteiger partial charge in [0.15, 0.2) is 0 Å². The van der Waals surface area contributed by atoms with Crippen molar-refractivity contribution in [1.29, 1.82) is 0 Å². The first-order valence-electron chi connectivity index (χ1n) is 5.62. The van der Waals surface area contributed by atoms with Crippen molar-refractivity contribution in [1.82, 2.24) is 5.32 Å². The van der Waals surface area contributed by atoms with Crippen LogP contribution < -0.4 is 10.6 Å². The van der Waals surface area contributed by atoms with Crippen molar-refractivity contribution in [3.8, 4) is 0 Å². The summed E-state index contributed by atoms with van der Waals surface area (Å²) in [6.45, 7) is 8.48. The molecule has 0 atom stereocenters. The van der Waals surface area contributed by atoms with E-state index in [2.05, 4.69) is 31.4 Å². The van der Waals surface area contributed by atoms with E-state index in [1.54, 1.807) is 0 Å². The van der Waals surface area contributed by atoms with Crippen LogP contribution >= 0.6 is 24.4 Å². The molecule has 0 spiro atoms. The number of hydrogen-bond donors (Lipinski definition) is 2. The first-order valence-corrected chi connectivity index (χ1v) is 6.43. The highest BCUT2D eigenvalue weighted by Gasteiger charge is 2.25. The Hall–Kier alpha value is -0.320. The molecule has 0 amide bonds. The van der Waals surface area contributed by atoms with Gasteiger partial charge in [0.25, 0.3) is 0 Å². The van der Waals surface area contributed by atoms with Crippen LogP contribution in [0.5, 0.6) is 0 Å². The van der Waals surface area contributed by atoms with Crippen LogP contribution in [0.2, 0.25) is 0 Å². The van der Waals surface area contributed by atoms with E-state index in [1.807, 2.05) is 7.05 Å². The fraction of sp³-hybridized carbons (Fsp3) is 0.667. The molecular weight excluding hydrogens is 236 g/mol. The molecule has 0 fully saturated rings. The average Bonchev–Trinajstić information content (AvgIpc) is 2.19. The molecular formula is C12H20N2S2. The lowest BCUT2D eigenvalue weighted by atomic mass is 9.83. The zero-order chi connectivity index (χ0) is 12.3. The molecule has 4 heteroatoms. The largest absolute Gasteiger partial charge is 0.384 e. The second-order valence-corrected chi connectivity index (χ2v) is 5.86. The van der Waals surface area contributed by atoms with Crippen LogP contribution in [0.3, 0.4) is 0 Å². The number of rotatable bonds is 5. The van der Waals surface area contributed by atoms with Gasteiger partial charge in [-0.25, -0.2) is 0 Å². The van der Waals surface area contributed by atoms with Gasteiger partial charge in [0.1, 0.15) is 0 Å². The van der Waals surface area contributed by atoms with Gasteiger partial charge in [0.2, 0.25) is 0 Å². The van der Waals surface area contributed by atoms with E-state index in [0.29, 0.717) is 0 Å². The molecule has 0 aliphatic carbocycles. The van der Waals surface area contributed by atoms with Gasteiger partial charge < -0.3 is 10.6 Å². The minimum Gasteiger partial charge on any atom is -0.384 e. The smallest absolute Gasteiger partial charge is 0.0796 e. The molecule has 0 unspecified atom stereocenters. The molecule has 90 valence electrons. The molecule has 0 heterocycles. The van der Waals surface area contributed by atoms with Gasteiger partial charge in [-0.2, -0.15) is 0 Å². The van der Waals surface area contributed by atoms with Gasteiger partial charge in [0.05, 0.1) is 14.7 Å². The van der Waals surface area contributed by atoms with Gasteiger partial charge in [-0.3, -0.25) is 0 Å². The van der Waals surface area contributed by atoms with Crippen molar-refractivity contribution in [3.63, 3.8) is 0 Å². The number of anilines is 1. The molecule has 0 saturated carbocycles. The number of nitrogens with one attached hydrogen (secondary N) is 2. The summed E-state index contributed by atoms with van der Waals surface area (Å²) in [7, 11) is 1.96. The minimum atomic E-state index is 0.0880. The van der Waals surface area contributed by atoms with E-state index < -0.39 is 0 Å². The third-order valence-electron chi connectivity index (χ3n) is 2.57. The van der Waals surface area contributed by atoms with E-state index in [-0.39, 0.29) is 5.41 Å². The summed E-state index contributed by atoms with van der Waals surface area (Å²) in [5.74, 6) is 0. The molecule has 1 rings (SSSR count). The van der Waals surface area contributed by atoms with Crippen molar-refractivity contribution < 1.29 is 0 Å². The van der Waals surface area contributed by atoms with Crippen LogP contribution in [0.1, 0.15) is 32.8 Å². The number of hydrogen-bond acceptors (Lipinski definition) is 4. The highest BCUT2D eigenvalue weighted by molar-refractivity contribution is 7.74.